The van der Waals surface area contributed by atoms with E-state index in [0.717, 1.165) is 0 Å². The molecule has 0 aromatic carbocycles. The van der Waals surface area contributed by atoms with Gasteiger partial charge in [0.05, 0.1) is 5.69 Å². The van der Waals surface area contributed by atoms with E-state index in [1.807, 2.05) is 0 Å². The Labute approximate surface area is 130 Å². The molecule has 0 aliphatic carbocycles. The van der Waals surface area contributed by atoms with Gasteiger partial charge in [0.25, 0.3) is 5.71 Å². The highest BCUT2D eigenvalue weighted by Crippen LogP contribution is 2.27. The van der Waals surface area contributed by atoms with E-state index >= 15 is 0 Å². The molecule has 23 heavy (non-hydrogen) atoms. The van der Waals surface area contributed by atoms with E-state index in [2.05, 4.69) is 25.8 Å². The van der Waals surface area contributed by atoms with E-state index in [9.17, 15) is 13.2 Å². The number of piperazine rings is 1. The maximum Gasteiger partial charge on any atom is 0.405 e. The quantitative estimate of drug-likeness (QED) is 0.871. The van der Waals surface area contributed by atoms with Crippen molar-refractivity contribution in [3.05, 3.63) is 12.0 Å². The fraction of sp³-hybridized carbons (Fsp3) is 0.615. The van der Waals surface area contributed by atoms with Crippen molar-refractivity contribution in [2.45, 2.75) is 19.1 Å². The third-order valence-corrected chi connectivity index (χ3v) is 3.88. The second-order valence-corrected chi connectivity index (χ2v) is 5.39. The molecule has 1 aliphatic heterocycles. The van der Waals surface area contributed by atoms with Crippen LogP contribution in [0.25, 0.3) is 11.1 Å². The molecule has 2 N–H and O–H groups in total. The minimum Gasteiger partial charge on any atom is -0.367 e. The van der Waals surface area contributed by atoms with E-state index < -0.39 is 12.2 Å². The molecule has 3 rings (SSSR count). The second-order valence-electron chi connectivity index (χ2n) is 5.39. The molecule has 0 bridgehead atoms. The highest BCUT2D eigenvalue weighted by Gasteiger charge is 2.43. The zero-order chi connectivity index (χ0) is 16.4. The summed E-state index contributed by atoms with van der Waals surface area (Å²) in [7, 11) is 0. The Balaban J connectivity index is 1.79. The molecule has 2 aromatic heterocycles. The minimum atomic E-state index is -4.32. The van der Waals surface area contributed by atoms with Crippen LogP contribution in [-0.4, -0.2) is 65.0 Å². The van der Waals surface area contributed by atoms with Crippen LogP contribution in [0, 0.1) is 6.92 Å². The summed E-state index contributed by atoms with van der Waals surface area (Å²) < 4.78 is 45.1. The molecule has 0 spiro atoms. The number of hydrogen-bond donors (Lipinski definition) is 2. The number of aryl methyl sites for hydroxylation is 1. The molecule has 10 heteroatoms. The van der Waals surface area contributed by atoms with Gasteiger partial charge in [-0.1, -0.05) is 5.16 Å². The molecular weight excluding hydrogens is 313 g/mol. The predicted octanol–water partition coefficient (Wildman–Crippen LogP) is 1.17. The number of halogens is 3. The Morgan fingerprint density at radius 2 is 2.09 bits per heavy atom. The SMILES string of the molecule is Cc1noc2ncnc(NCC(N3CCNCC3)C(F)(F)F)c12. The number of nitrogens with one attached hydrogen (secondary N) is 2. The first-order valence-corrected chi connectivity index (χ1v) is 7.29. The summed E-state index contributed by atoms with van der Waals surface area (Å²) in [6.07, 6.45) is -3.08. The lowest BCUT2D eigenvalue weighted by molar-refractivity contribution is -0.181. The Hall–Kier alpha value is -1.94. The van der Waals surface area contributed by atoms with Gasteiger partial charge in [0.15, 0.2) is 0 Å². The number of anilines is 1. The first-order valence-electron chi connectivity index (χ1n) is 7.29. The third-order valence-electron chi connectivity index (χ3n) is 3.88. The number of rotatable bonds is 4. The van der Waals surface area contributed by atoms with Gasteiger partial charge in [0.1, 0.15) is 23.6 Å². The molecular formula is C13H17F3N6O. The van der Waals surface area contributed by atoms with Gasteiger partial charge in [0, 0.05) is 32.7 Å². The van der Waals surface area contributed by atoms with Crippen LogP contribution in [0.15, 0.2) is 10.9 Å². The van der Waals surface area contributed by atoms with Gasteiger partial charge >= 0.3 is 6.18 Å². The van der Waals surface area contributed by atoms with Crippen LogP contribution in [0.5, 0.6) is 0 Å². The largest absolute Gasteiger partial charge is 0.405 e. The first kappa shape index (κ1) is 15.9. The summed E-state index contributed by atoms with van der Waals surface area (Å²) >= 11 is 0. The van der Waals surface area contributed by atoms with E-state index in [1.54, 1.807) is 6.92 Å². The van der Waals surface area contributed by atoms with E-state index in [0.29, 0.717) is 43.1 Å². The van der Waals surface area contributed by atoms with E-state index in [-0.39, 0.29) is 12.3 Å². The maximum absolute atomic E-state index is 13.4. The standard InChI is InChI=1S/C13H17F3N6O/c1-8-10-11(19-7-20-12(10)23-21-8)18-6-9(13(14,15)16)22-4-2-17-3-5-22/h7,9,17H,2-6H2,1H3,(H,18,19,20). The third kappa shape index (κ3) is 3.37. The van der Waals surface area contributed by atoms with Crippen LogP contribution < -0.4 is 10.6 Å². The molecule has 1 saturated heterocycles. The van der Waals surface area contributed by atoms with E-state index in [4.69, 9.17) is 4.52 Å². The van der Waals surface area contributed by atoms with Gasteiger partial charge in [-0.25, -0.2) is 4.98 Å². The second kappa shape index (κ2) is 6.28. The normalized spacial score (nSPS) is 18.3. The van der Waals surface area contributed by atoms with E-state index in [1.165, 1.54) is 11.2 Å². The number of fused-ring (bicyclic) bond motifs is 1. The van der Waals surface area contributed by atoms with Crippen LogP contribution >= 0.6 is 0 Å². The first-order chi connectivity index (χ1) is 11.0. The molecule has 1 atom stereocenters. The van der Waals surface area contributed by atoms with Crippen LogP contribution in [0.3, 0.4) is 0 Å². The van der Waals surface area contributed by atoms with Crippen molar-refractivity contribution in [1.29, 1.82) is 0 Å². The van der Waals surface area contributed by atoms with Crippen molar-refractivity contribution < 1.29 is 17.7 Å². The molecule has 7 nitrogen and oxygen atoms in total. The van der Waals surface area contributed by atoms with Crippen molar-refractivity contribution in [3.8, 4) is 0 Å². The van der Waals surface area contributed by atoms with Crippen LogP contribution in [0.4, 0.5) is 19.0 Å². The number of alkyl halides is 3. The highest BCUT2D eigenvalue weighted by molar-refractivity contribution is 5.87. The lowest BCUT2D eigenvalue weighted by Gasteiger charge is -2.36. The van der Waals surface area contributed by atoms with Crippen molar-refractivity contribution in [2.75, 3.05) is 38.0 Å². The average molecular weight is 330 g/mol. The Morgan fingerprint density at radius 3 is 2.78 bits per heavy atom. The Kier molecular flexibility index (Phi) is 4.35. The fourth-order valence-electron chi connectivity index (χ4n) is 2.70. The van der Waals surface area contributed by atoms with Gasteiger partial charge in [-0.2, -0.15) is 18.2 Å². The summed E-state index contributed by atoms with van der Waals surface area (Å²) in [5.74, 6) is 0.304. The van der Waals surface area contributed by atoms with Gasteiger partial charge in [0.2, 0.25) is 0 Å². The van der Waals surface area contributed by atoms with Crippen molar-refractivity contribution in [3.63, 3.8) is 0 Å². The lowest BCUT2D eigenvalue weighted by atomic mass is 10.2. The monoisotopic (exact) mass is 330 g/mol. The Morgan fingerprint density at radius 1 is 1.35 bits per heavy atom. The number of nitrogens with zero attached hydrogens (tertiary/aromatic N) is 4. The molecule has 0 saturated carbocycles. The smallest absolute Gasteiger partial charge is 0.367 e. The lowest BCUT2D eigenvalue weighted by Crippen LogP contribution is -2.56. The topological polar surface area (TPSA) is 79.1 Å². The van der Waals surface area contributed by atoms with Gasteiger partial charge in [-0.05, 0) is 6.92 Å². The molecule has 126 valence electrons. The summed E-state index contributed by atoms with van der Waals surface area (Å²) in [5, 5.41) is 10.1. The molecule has 2 aromatic rings. The zero-order valence-electron chi connectivity index (χ0n) is 12.5. The molecule has 0 amide bonds. The van der Waals surface area contributed by atoms with Crippen LogP contribution in [0.1, 0.15) is 5.69 Å². The van der Waals surface area contributed by atoms with Gasteiger partial charge in [-0.3, -0.25) is 4.90 Å². The summed E-state index contributed by atoms with van der Waals surface area (Å²) in [6.45, 7) is 3.22. The van der Waals surface area contributed by atoms with Crippen molar-refractivity contribution in [2.24, 2.45) is 0 Å². The molecule has 1 aliphatic rings. The van der Waals surface area contributed by atoms with Gasteiger partial charge in [-0.15, -0.1) is 0 Å². The Bertz CT molecular complexity index is 667. The molecule has 3 heterocycles. The number of aromatic nitrogens is 3. The number of hydrogen-bond acceptors (Lipinski definition) is 7. The minimum absolute atomic E-state index is 0.255. The summed E-state index contributed by atoms with van der Waals surface area (Å²) in [4.78, 5) is 9.36. The highest BCUT2D eigenvalue weighted by atomic mass is 19.4. The van der Waals surface area contributed by atoms with Crippen molar-refractivity contribution in [1.82, 2.24) is 25.3 Å². The van der Waals surface area contributed by atoms with Crippen LogP contribution in [0.2, 0.25) is 0 Å². The average Bonchev–Trinajstić information content (AvgIpc) is 2.90. The van der Waals surface area contributed by atoms with Crippen LogP contribution in [-0.2, 0) is 0 Å². The zero-order valence-corrected chi connectivity index (χ0v) is 12.5. The molecule has 1 fully saturated rings. The van der Waals surface area contributed by atoms with Gasteiger partial charge < -0.3 is 15.2 Å². The molecule has 1 unspecified atom stereocenters. The van der Waals surface area contributed by atoms with Crippen molar-refractivity contribution >= 4 is 16.9 Å². The molecule has 0 radical (unpaired) electrons. The maximum atomic E-state index is 13.4. The summed E-state index contributed by atoms with van der Waals surface area (Å²) in [5.41, 5.74) is 0.791. The summed E-state index contributed by atoms with van der Waals surface area (Å²) in [6, 6.07) is -1.57. The predicted molar refractivity (Wildman–Crippen MR) is 77.1 cm³/mol. The fourth-order valence-corrected chi connectivity index (χ4v) is 2.70.